The first-order valence-electron chi connectivity index (χ1n) is 6.97. The third kappa shape index (κ3) is 2.98. The molecule has 3 rings (SSSR count). The molecular formula is C17H14BClO2. The monoisotopic (exact) mass is 296 g/mol. The Morgan fingerprint density at radius 2 is 2.05 bits per heavy atom. The van der Waals surface area contributed by atoms with Crippen molar-refractivity contribution in [1.82, 2.24) is 0 Å². The third-order valence-electron chi connectivity index (χ3n) is 3.75. The van der Waals surface area contributed by atoms with Crippen molar-refractivity contribution < 1.29 is 9.53 Å². The summed E-state index contributed by atoms with van der Waals surface area (Å²) in [6.45, 7) is 0.344. The van der Waals surface area contributed by atoms with E-state index in [2.05, 4.69) is 0 Å². The molecule has 0 aromatic heterocycles. The largest absolute Gasteiger partial charge is 0.489 e. The first-order valence-corrected chi connectivity index (χ1v) is 7.35. The van der Waals surface area contributed by atoms with Gasteiger partial charge in [-0.2, -0.15) is 0 Å². The number of carbonyl (C=O) groups is 1. The number of hydrogen-bond acceptors (Lipinski definition) is 2. The van der Waals surface area contributed by atoms with Crippen LogP contribution in [-0.4, -0.2) is 13.6 Å². The van der Waals surface area contributed by atoms with Crippen molar-refractivity contribution in [3.05, 3.63) is 58.1 Å². The molecule has 1 aliphatic carbocycles. The van der Waals surface area contributed by atoms with Gasteiger partial charge in [-0.15, -0.1) is 0 Å². The van der Waals surface area contributed by atoms with Crippen molar-refractivity contribution in [3.63, 3.8) is 0 Å². The number of fused-ring (bicyclic) bond motifs is 1. The predicted molar refractivity (Wildman–Crippen MR) is 84.9 cm³/mol. The molecule has 2 aromatic rings. The number of Topliss-reactive ketones (excluding diaryl/α,β-unsaturated/α-hetero) is 1. The van der Waals surface area contributed by atoms with Gasteiger partial charge in [0.05, 0.1) is 0 Å². The smallest absolute Gasteiger partial charge is 0.163 e. The van der Waals surface area contributed by atoms with Crippen LogP contribution < -0.4 is 10.2 Å². The van der Waals surface area contributed by atoms with E-state index in [0.717, 1.165) is 35.3 Å². The van der Waals surface area contributed by atoms with Crippen LogP contribution in [0.2, 0.25) is 5.02 Å². The lowest BCUT2D eigenvalue weighted by Gasteiger charge is -2.19. The number of benzene rings is 2. The number of carbonyl (C=O) groups excluding carboxylic acids is 1. The summed E-state index contributed by atoms with van der Waals surface area (Å²) in [4.78, 5) is 11.9. The van der Waals surface area contributed by atoms with Crippen molar-refractivity contribution in [1.29, 1.82) is 0 Å². The van der Waals surface area contributed by atoms with Gasteiger partial charge in [-0.05, 0) is 36.6 Å². The van der Waals surface area contributed by atoms with Gasteiger partial charge >= 0.3 is 0 Å². The molecule has 2 nitrogen and oxygen atoms in total. The average molecular weight is 297 g/mol. The topological polar surface area (TPSA) is 26.3 Å². The molecule has 0 aliphatic heterocycles. The lowest BCUT2D eigenvalue weighted by atomic mass is 9.90. The Labute approximate surface area is 130 Å². The van der Waals surface area contributed by atoms with E-state index in [1.54, 1.807) is 18.2 Å². The van der Waals surface area contributed by atoms with Crippen LogP contribution in [0.5, 0.6) is 5.75 Å². The van der Waals surface area contributed by atoms with Crippen molar-refractivity contribution in [3.8, 4) is 5.75 Å². The summed E-state index contributed by atoms with van der Waals surface area (Å²) in [5.74, 6) is 0.962. The minimum atomic E-state index is 0.198. The number of halogens is 1. The number of ether oxygens (including phenoxy) is 1. The van der Waals surface area contributed by atoms with Gasteiger partial charge in [0, 0.05) is 22.6 Å². The minimum absolute atomic E-state index is 0.198. The first kappa shape index (κ1) is 14.2. The standard InChI is InChI=1S/C17H14BClO2/c18-15-8-7-12(19)9-11(15)10-21-17-6-2-3-13-14(17)4-1-5-16(13)20/h2-3,6-9H,1,4-5,10H2. The highest BCUT2D eigenvalue weighted by Gasteiger charge is 2.20. The lowest BCUT2D eigenvalue weighted by molar-refractivity contribution is 0.0971. The molecule has 0 saturated heterocycles. The first-order chi connectivity index (χ1) is 10.1. The molecule has 2 aromatic carbocycles. The second-order valence-corrected chi connectivity index (χ2v) is 5.63. The quantitative estimate of drug-likeness (QED) is 0.813. The van der Waals surface area contributed by atoms with E-state index in [-0.39, 0.29) is 5.78 Å². The van der Waals surface area contributed by atoms with E-state index < -0.39 is 0 Å². The fourth-order valence-electron chi connectivity index (χ4n) is 2.64. The van der Waals surface area contributed by atoms with Crippen LogP contribution in [0, 0.1) is 0 Å². The molecular weight excluding hydrogens is 282 g/mol. The highest BCUT2D eigenvalue weighted by molar-refractivity contribution is 6.35. The summed E-state index contributed by atoms with van der Waals surface area (Å²) >= 11 is 5.98. The van der Waals surface area contributed by atoms with Crippen LogP contribution in [-0.2, 0) is 13.0 Å². The Morgan fingerprint density at radius 1 is 1.19 bits per heavy atom. The van der Waals surface area contributed by atoms with Crippen LogP contribution in [0.15, 0.2) is 36.4 Å². The van der Waals surface area contributed by atoms with Crippen LogP contribution in [0.25, 0.3) is 0 Å². The Bertz CT molecular complexity index is 697. The number of rotatable bonds is 3. The SMILES string of the molecule is [B]c1ccc(Cl)cc1COc1cccc2c1CCCC2=O. The highest BCUT2D eigenvalue weighted by Crippen LogP contribution is 2.30. The Balaban J connectivity index is 1.84. The van der Waals surface area contributed by atoms with E-state index in [1.165, 1.54) is 0 Å². The third-order valence-corrected chi connectivity index (χ3v) is 3.99. The molecule has 0 atom stereocenters. The molecule has 1 aliphatic rings. The van der Waals surface area contributed by atoms with E-state index in [1.807, 2.05) is 18.2 Å². The molecule has 21 heavy (non-hydrogen) atoms. The molecule has 4 heteroatoms. The summed E-state index contributed by atoms with van der Waals surface area (Å²) in [5.41, 5.74) is 3.30. The predicted octanol–water partition coefficient (Wildman–Crippen LogP) is 3.23. The average Bonchev–Trinajstić information content (AvgIpc) is 2.49. The molecule has 104 valence electrons. The molecule has 0 bridgehead atoms. The van der Waals surface area contributed by atoms with Gasteiger partial charge in [0.1, 0.15) is 20.2 Å². The Morgan fingerprint density at radius 3 is 2.90 bits per heavy atom. The van der Waals surface area contributed by atoms with Crippen LogP contribution in [0.4, 0.5) is 0 Å². The summed E-state index contributed by atoms with van der Waals surface area (Å²) in [5, 5.41) is 0.632. The summed E-state index contributed by atoms with van der Waals surface area (Å²) < 4.78 is 5.88. The zero-order valence-corrected chi connectivity index (χ0v) is 12.3. The van der Waals surface area contributed by atoms with Gasteiger partial charge in [0.15, 0.2) is 5.78 Å². The van der Waals surface area contributed by atoms with Gasteiger partial charge in [-0.3, -0.25) is 4.79 Å². The van der Waals surface area contributed by atoms with Crippen molar-refractivity contribution in [2.24, 2.45) is 0 Å². The molecule has 0 heterocycles. The molecule has 0 spiro atoms. The highest BCUT2D eigenvalue weighted by atomic mass is 35.5. The minimum Gasteiger partial charge on any atom is -0.489 e. The maximum absolute atomic E-state index is 11.9. The zero-order chi connectivity index (χ0) is 14.8. The lowest BCUT2D eigenvalue weighted by Crippen LogP contribution is -2.15. The fraction of sp³-hybridized carbons (Fsp3) is 0.235. The molecule has 2 radical (unpaired) electrons. The van der Waals surface area contributed by atoms with E-state index in [0.29, 0.717) is 23.5 Å². The zero-order valence-electron chi connectivity index (χ0n) is 11.6. The second-order valence-electron chi connectivity index (χ2n) is 5.19. The molecule has 0 N–H and O–H groups in total. The molecule has 0 amide bonds. The van der Waals surface area contributed by atoms with E-state index in [9.17, 15) is 4.79 Å². The molecule has 0 unspecified atom stereocenters. The van der Waals surface area contributed by atoms with E-state index >= 15 is 0 Å². The summed E-state index contributed by atoms with van der Waals surface area (Å²) in [6.07, 6.45) is 2.38. The van der Waals surface area contributed by atoms with Crippen LogP contribution in [0.1, 0.15) is 34.3 Å². The van der Waals surface area contributed by atoms with Crippen molar-refractivity contribution in [2.45, 2.75) is 25.9 Å². The Kier molecular flexibility index (Phi) is 4.02. The second kappa shape index (κ2) is 5.94. The van der Waals surface area contributed by atoms with Crippen LogP contribution >= 0.6 is 11.6 Å². The maximum Gasteiger partial charge on any atom is 0.163 e. The maximum atomic E-state index is 11.9. The number of hydrogen-bond donors (Lipinski definition) is 0. The van der Waals surface area contributed by atoms with Crippen LogP contribution in [0.3, 0.4) is 0 Å². The fourth-order valence-corrected chi connectivity index (χ4v) is 2.83. The summed E-state index contributed by atoms with van der Waals surface area (Å²) in [6, 6.07) is 11.0. The molecule has 0 fully saturated rings. The van der Waals surface area contributed by atoms with Gasteiger partial charge in [0.2, 0.25) is 0 Å². The molecule has 0 saturated carbocycles. The van der Waals surface area contributed by atoms with Crippen molar-refractivity contribution in [2.75, 3.05) is 0 Å². The van der Waals surface area contributed by atoms with Crippen molar-refractivity contribution >= 4 is 30.7 Å². The Hall–Kier alpha value is -1.74. The summed E-state index contributed by atoms with van der Waals surface area (Å²) in [7, 11) is 5.92. The van der Waals surface area contributed by atoms with Gasteiger partial charge < -0.3 is 4.74 Å². The normalized spacial score (nSPS) is 13.9. The number of ketones is 1. The van der Waals surface area contributed by atoms with Gasteiger partial charge in [0.25, 0.3) is 0 Å². The van der Waals surface area contributed by atoms with Gasteiger partial charge in [-0.1, -0.05) is 35.3 Å². The van der Waals surface area contributed by atoms with E-state index in [4.69, 9.17) is 24.2 Å². The van der Waals surface area contributed by atoms with Gasteiger partial charge in [-0.25, -0.2) is 0 Å².